The van der Waals surface area contributed by atoms with Gasteiger partial charge in [-0.15, -0.1) is 0 Å². The van der Waals surface area contributed by atoms with Crippen molar-refractivity contribution in [3.05, 3.63) is 41.8 Å². The molecule has 1 fully saturated rings. The van der Waals surface area contributed by atoms with Crippen molar-refractivity contribution in [3.8, 4) is 0 Å². The second kappa shape index (κ2) is 5.46. The zero-order chi connectivity index (χ0) is 13.1. The smallest absolute Gasteiger partial charge is 0.233 e. The maximum Gasteiger partial charge on any atom is 0.233 e. The van der Waals surface area contributed by atoms with Gasteiger partial charge in [-0.2, -0.15) is 4.98 Å². The SMILES string of the molecule is NC1CCOCC1c1nc(Cc2ccccn2)no1. The molecule has 0 aliphatic carbocycles. The van der Waals surface area contributed by atoms with Crippen molar-refractivity contribution in [1.29, 1.82) is 0 Å². The van der Waals surface area contributed by atoms with E-state index in [4.69, 9.17) is 15.0 Å². The van der Waals surface area contributed by atoms with E-state index in [1.807, 2.05) is 18.2 Å². The molecule has 19 heavy (non-hydrogen) atoms. The molecule has 0 aromatic carbocycles. The Kier molecular flexibility index (Phi) is 3.52. The highest BCUT2D eigenvalue weighted by atomic mass is 16.5. The number of nitrogens with zero attached hydrogens (tertiary/aromatic N) is 3. The molecule has 6 heteroatoms. The molecule has 2 aromatic rings. The Morgan fingerprint density at radius 2 is 2.32 bits per heavy atom. The lowest BCUT2D eigenvalue weighted by Crippen LogP contribution is -2.37. The van der Waals surface area contributed by atoms with Crippen molar-refractivity contribution < 1.29 is 9.26 Å². The Bertz CT molecular complexity index is 528. The number of aromatic nitrogens is 3. The molecule has 6 nitrogen and oxygen atoms in total. The van der Waals surface area contributed by atoms with E-state index in [-0.39, 0.29) is 12.0 Å². The maximum absolute atomic E-state index is 6.05. The molecule has 3 heterocycles. The molecule has 1 aliphatic rings. The fraction of sp³-hybridized carbons (Fsp3) is 0.462. The van der Waals surface area contributed by atoms with Crippen LogP contribution in [0.5, 0.6) is 0 Å². The molecular weight excluding hydrogens is 244 g/mol. The van der Waals surface area contributed by atoms with Crippen LogP contribution in [0.4, 0.5) is 0 Å². The van der Waals surface area contributed by atoms with Crippen LogP contribution in [0.15, 0.2) is 28.9 Å². The van der Waals surface area contributed by atoms with Crippen molar-refractivity contribution in [2.75, 3.05) is 13.2 Å². The lowest BCUT2D eigenvalue weighted by atomic mass is 9.97. The van der Waals surface area contributed by atoms with E-state index in [1.54, 1.807) is 6.20 Å². The Hall–Kier alpha value is -1.79. The van der Waals surface area contributed by atoms with Gasteiger partial charge in [0.25, 0.3) is 0 Å². The lowest BCUT2D eigenvalue weighted by Gasteiger charge is -2.25. The first-order chi connectivity index (χ1) is 9.33. The molecule has 1 aliphatic heterocycles. The monoisotopic (exact) mass is 260 g/mol. The number of ether oxygens (including phenoxy) is 1. The standard InChI is InChI=1S/C13H16N4O2/c14-11-4-6-18-8-10(11)13-16-12(17-19-13)7-9-3-1-2-5-15-9/h1-3,5,10-11H,4,6-8,14H2. The predicted molar refractivity (Wildman–Crippen MR) is 67.5 cm³/mol. The summed E-state index contributed by atoms with van der Waals surface area (Å²) in [6, 6.07) is 5.78. The molecule has 0 amide bonds. The predicted octanol–water partition coefficient (Wildman–Crippen LogP) is 0.887. The largest absolute Gasteiger partial charge is 0.381 e. The molecule has 2 aromatic heterocycles. The number of hydrogen-bond donors (Lipinski definition) is 1. The van der Waals surface area contributed by atoms with Gasteiger partial charge in [-0.3, -0.25) is 4.98 Å². The highest BCUT2D eigenvalue weighted by molar-refractivity contribution is 5.10. The molecule has 3 rings (SSSR count). The quantitative estimate of drug-likeness (QED) is 0.881. The molecule has 2 unspecified atom stereocenters. The van der Waals surface area contributed by atoms with Gasteiger partial charge in [0.15, 0.2) is 5.82 Å². The van der Waals surface area contributed by atoms with Crippen LogP contribution in [0.2, 0.25) is 0 Å². The summed E-state index contributed by atoms with van der Waals surface area (Å²) in [5.74, 6) is 1.20. The van der Waals surface area contributed by atoms with Gasteiger partial charge in [0.2, 0.25) is 5.89 Å². The minimum atomic E-state index is -0.00117. The van der Waals surface area contributed by atoms with E-state index < -0.39 is 0 Å². The van der Waals surface area contributed by atoms with Crippen LogP contribution in [-0.4, -0.2) is 34.4 Å². The van der Waals surface area contributed by atoms with E-state index in [9.17, 15) is 0 Å². The molecular formula is C13H16N4O2. The van der Waals surface area contributed by atoms with Crippen molar-refractivity contribution >= 4 is 0 Å². The highest BCUT2D eigenvalue weighted by Crippen LogP contribution is 2.23. The minimum absolute atomic E-state index is 0.00117. The fourth-order valence-electron chi connectivity index (χ4n) is 2.16. The van der Waals surface area contributed by atoms with Gasteiger partial charge in [-0.25, -0.2) is 0 Å². The summed E-state index contributed by atoms with van der Waals surface area (Å²) in [4.78, 5) is 8.64. The second-order valence-electron chi connectivity index (χ2n) is 4.68. The Morgan fingerprint density at radius 1 is 1.37 bits per heavy atom. The van der Waals surface area contributed by atoms with E-state index in [2.05, 4.69) is 15.1 Å². The van der Waals surface area contributed by atoms with Crippen molar-refractivity contribution in [1.82, 2.24) is 15.1 Å². The van der Waals surface area contributed by atoms with Gasteiger partial charge in [0.05, 0.1) is 18.9 Å². The summed E-state index contributed by atoms with van der Waals surface area (Å²) in [6.07, 6.45) is 3.14. The number of nitrogens with two attached hydrogens (primary N) is 1. The topological polar surface area (TPSA) is 87.1 Å². The number of rotatable bonds is 3. The van der Waals surface area contributed by atoms with E-state index in [1.165, 1.54) is 0 Å². The summed E-state index contributed by atoms with van der Waals surface area (Å²) in [5, 5.41) is 3.98. The van der Waals surface area contributed by atoms with Gasteiger partial charge in [0.1, 0.15) is 0 Å². The fourth-order valence-corrected chi connectivity index (χ4v) is 2.16. The summed E-state index contributed by atoms with van der Waals surface area (Å²) < 4.78 is 10.7. The zero-order valence-electron chi connectivity index (χ0n) is 10.5. The second-order valence-corrected chi connectivity index (χ2v) is 4.68. The molecule has 100 valence electrons. The summed E-state index contributed by atoms with van der Waals surface area (Å²) in [7, 11) is 0. The average Bonchev–Trinajstić information content (AvgIpc) is 2.89. The third-order valence-electron chi connectivity index (χ3n) is 3.28. The van der Waals surface area contributed by atoms with Gasteiger partial charge in [0, 0.05) is 24.5 Å². The van der Waals surface area contributed by atoms with Gasteiger partial charge in [-0.05, 0) is 18.6 Å². The highest BCUT2D eigenvalue weighted by Gasteiger charge is 2.29. The first-order valence-corrected chi connectivity index (χ1v) is 6.38. The number of pyridine rings is 1. The van der Waals surface area contributed by atoms with Crippen LogP contribution in [0.3, 0.4) is 0 Å². The molecule has 0 spiro atoms. The van der Waals surface area contributed by atoms with Crippen LogP contribution in [0.25, 0.3) is 0 Å². The normalized spacial score (nSPS) is 23.4. The van der Waals surface area contributed by atoms with Gasteiger partial charge >= 0.3 is 0 Å². The first-order valence-electron chi connectivity index (χ1n) is 6.38. The lowest BCUT2D eigenvalue weighted by molar-refractivity contribution is 0.0590. The van der Waals surface area contributed by atoms with E-state index in [0.717, 1.165) is 12.1 Å². The van der Waals surface area contributed by atoms with Crippen molar-refractivity contribution in [3.63, 3.8) is 0 Å². The first kappa shape index (κ1) is 12.3. The van der Waals surface area contributed by atoms with Crippen LogP contribution in [0, 0.1) is 0 Å². The minimum Gasteiger partial charge on any atom is -0.381 e. The summed E-state index contributed by atoms with van der Waals surface area (Å²) in [5.41, 5.74) is 6.97. The molecule has 0 radical (unpaired) electrons. The maximum atomic E-state index is 6.05. The van der Waals surface area contributed by atoms with Gasteiger partial charge in [-0.1, -0.05) is 11.2 Å². The molecule has 0 saturated carbocycles. The molecule has 2 atom stereocenters. The van der Waals surface area contributed by atoms with Crippen LogP contribution < -0.4 is 5.73 Å². The van der Waals surface area contributed by atoms with Crippen molar-refractivity contribution in [2.24, 2.45) is 5.73 Å². The third kappa shape index (κ3) is 2.80. The van der Waals surface area contributed by atoms with Crippen molar-refractivity contribution in [2.45, 2.75) is 24.8 Å². The van der Waals surface area contributed by atoms with E-state index >= 15 is 0 Å². The van der Waals surface area contributed by atoms with E-state index in [0.29, 0.717) is 31.3 Å². The third-order valence-corrected chi connectivity index (χ3v) is 3.28. The average molecular weight is 260 g/mol. The molecule has 2 N–H and O–H groups in total. The molecule has 0 bridgehead atoms. The summed E-state index contributed by atoms with van der Waals surface area (Å²) >= 11 is 0. The van der Waals surface area contributed by atoms with Crippen LogP contribution in [-0.2, 0) is 11.2 Å². The summed E-state index contributed by atoms with van der Waals surface area (Å²) in [6.45, 7) is 1.25. The molecule has 1 saturated heterocycles. The van der Waals surface area contributed by atoms with Gasteiger partial charge < -0.3 is 15.0 Å². The Morgan fingerprint density at radius 3 is 3.11 bits per heavy atom. The zero-order valence-corrected chi connectivity index (χ0v) is 10.5. The Labute approximate surface area is 111 Å². The Balaban J connectivity index is 1.72. The van der Waals surface area contributed by atoms with Crippen LogP contribution >= 0.6 is 0 Å². The number of hydrogen-bond acceptors (Lipinski definition) is 6. The van der Waals surface area contributed by atoms with Crippen LogP contribution in [0.1, 0.15) is 29.7 Å².